The van der Waals surface area contributed by atoms with E-state index in [1.54, 1.807) is 23.2 Å². The highest BCUT2D eigenvalue weighted by Crippen LogP contribution is 2.15. The number of hydrogen-bond acceptors (Lipinski definition) is 5. The van der Waals surface area contributed by atoms with Crippen LogP contribution in [-0.4, -0.2) is 86.1 Å². The van der Waals surface area contributed by atoms with Crippen molar-refractivity contribution in [3.05, 3.63) is 59.5 Å². The number of urea groups is 1. The predicted octanol–water partition coefficient (Wildman–Crippen LogP) is 2.25. The zero-order chi connectivity index (χ0) is 22.2. The van der Waals surface area contributed by atoms with Crippen LogP contribution in [0.5, 0.6) is 0 Å². The number of halogens is 1. The van der Waals surface area contributed by atoms with E-state index in [1.807, 2.05) is 25.1 Å². The molecule has 1 N–H and O–H groups in total. The second-order valence-corrected chi connectivity index (χ2v) is 8.32. The van der Waals surface area contributed by atoms with Crippen LogP contribution in [0.25, 0.3) is 0 Å². The fourth-order valence-corrected chi connectivity index (χ4v) is 3.45. The van der Waals surface area contributed by atoms with Crippen molar-refractivity contribution < 1.29 is 9.18 Å². The first-order valence-corrected chi connectivity index (χ1v) is 10.7. The van der Waals surface area contributed by atoms with Crippen molar-refractivity contribution in [3.8, 4) is 0 Å². The Labute approximate surface area is 184 Å². The number of pyridine rings is 1. The monoisotopic (exact) mass is 428 g/mol. The molecule has 0 radical (unpaired) electrons. The third-order valence-electron chi connectivity index (χ3n) is 5.47. The second kappa shape index (κ2) is 11.1. The van der Waals surface area contributed by atoms with Gasteiger partial charge in [-0.25, -0.2) is 14.2 Å². The van der Waals surface area contributed by atoms with Crippen LogP contribution in [0.4, 0.5) is 15.0 Å². The third kappa shape index (κ3) is 7.18. The number of anilines is 1. The molecule has 0 aliphatic carbocycles. The molecule has 2 amide bonds. The van der Waals surface area contributed by atoms with Crippen LogP contribution in [0, 0.1) is 5.82 Å². The number of aromatic nitrogens is 1. The van der Waals surface area contributed by atoms with Gasteiger partial charge in [-0.05, 0) is 56.5 Å². The molecule has 168 valence electrons. The lowest BCUT2D eigenvalue weighted by molar-refractivity contribution is 0.188. The first kappa shape index (κ1) is 23.0. The Morgan fingerprint density at radius 3 is 2.45 bits per heavy atom. The number of carbonyl (C=O) groups is 1. The lowest BCUT2D eigenvalue weighted by atomic mass is 10.2. The van der Waals surface area contributed by atoms with E-state index in [0.717, 1.165) is 49.7 Å². The Kier molecular flexibility index (Phi) is 8.20. The van der Waals surface area contributed by atoms with E-state index >= 15 is 0 Å². The standard InChI is InChI=1S/C23H33FN6O/c1-27(2)10-13-30(18-19-4-6-21(24)7-5-19)23(31)26-17-20-8-9-25-22(16-20)29-14-11-28(3)12-15-29/h4-9,16H,10-15,17-18H2,1-3H3,(H,26,31). The minimum atomic E-state index is -0.276. The quantitative estimate of drug-likeness (QED) is 0.699. The van der Waals surface area contributed by atoms with Crippen molar-refractivity contribution in [3.63, 3.8) is 0 Å². The van der Waals surface area contributed by atoms with Gasteiger partial charge in [0.05, 0.1) is 0 Å². The molecule has 2 aromatic rings. The fourth-order valence-electron chi connectivity index (χ4n) is 3.45. The SMILES string of the molecule is CN(C)CCN(Cc1ccc(F)cc1)C(=O)NCc1ccnc(N2CCN(C)CC2)c1. The van der Waals surface area contributed by atoms with Gasteiger partial charge in [0.15, 0.2) is 0 Å². The van der Waals surface area contributed by atoms with E-state index in [1.165, 1.54) is 12.1 Å². The zero-order valence-corrected chi connectivity index (χ0v) is 18.7. The summed E-state index contributed by atoms with van der Waals surface area (Å²) in [5.74, 6) is 0.678. The van der Waals surface area contributed by atoms with Crippen LogP contribution in [0.1, 0.15) is 11.1 Å². The van der Waals surface area contributed by atoms with Crippen molar-refractivity contribution in [2.45, 2.75) is 13.1 Å². The maximum atomic E-state index is 13.2. The molecule has 3 rings (SSSR count). The number of rotatable bonds is 8. The Morgan fingerprint density at radius 1 is 1.06 bits per heavy atom. The number of nitrogens with one attached hydrogen (secondary N) is 1. The summed E-state index contributed by atoms with van der Waals surface area (Å²) in [4.78, 5) is 25.8. The summed E-state index contributed by atoms with van der Waals surface area (Å²) >= 11 is 0. The minimum Gasteiger partial charge on any atom is -0.354 e. The van der Waals surface area contributed by atoms with Gasteiger partial charge in [0.25, 0.3) is 0 Å². The predicted molar refractivity (Wildman–Crippen MR) is 122 cm³/mol. The van der Waals surface area contributed by atoms with E-state index in [4.69, 9.17) is 0 Å². The average Bonchev–Trinajstić information content (AvgIpc) is 2.77. The Morgan fingerprint density at radius 2 is 1.77 bits per heavy atom. The van der Waals surface area contributed by atoms with E-state index in [9.17, 15) is 9.18 Å². The normalized spacial score (nSPS) is 14.7. The summed E-state index contributed by atoms with van der Waals surface area (Å²) < 4.78 is 13.2. The number of carbonyl (C=O) groups excluding carboxylic acids is 1. The van der Waals surface area contributed by atoms with E-state index < -0.39 is 0 Å². The van der Waals surface area contributed by atoms with Gasteiger partial charge >= 0.3 is 6.03 Å². The third-order valence-corrected chi connectivity index (χ3v) is 5.47. The van der Waals surface area contributed by atoms with Crippen molar-refractivity contribution in [2.75, 3.05) is 65.3 Å². The molecule has 1 aliphatic rings. The highest BCUT2D eigenvalue weighted by Gasteiger charge is 2.17. The number of likely N-dealkylation sites (N-methyl/N-ethyl adjacent to an activating group) is 2. The summed E-state index contributed by atoms with van der Waals surface area (Å²) in [5.41, 5.74) is 1.92. The molecular formula is C23H33FN6O. The lowest BCUT2D eigenvalue weighted by Crippen LogP contribution is -2.45. The molecule has 0 unspecified atom stereocenters. The van der Waals surface area contributed by atoms with Crippen LogP contribution in [0.2, 0.25) is 0 Å². The summed E-state index contributed by atoms with van der Waals surface area (Å²) in [7, 11) is 6.08. The van der Waals surface area contributed by atoms with Gasteiger partial charge < -0.3 is 24.9 Å². The van der Waals surface area contributed by atoms with Crippen LogP contribution in [-0.2, 0) is 13.1 Å². The van der Waals surface area contributed by atoms with Crippen LogP contribution in [0.15, 0.2) is 42.6 Å². The first-order chi connectivity index (χ1) is 14.9. The van der Waals surface area contributed by atoms with Crippen LogP contribution in [0.3, 0.4) is 0 Å². The van der Waals surface area contributed by atoms with Crippen molar-refractivity contribution in [1.29, 1.82) is 0 Å². The molecule has 1 aromatic heterocycles. The number of nitrogens with zero attached hydrogens (tertiary/aromatic N) is 5. The molecule has 1 fully saturated rings. The van der Waals surface area contributed by atoms with E-state index in [0.29, 0.717) is 19.6 Å². The minimum absolute atomic E-state index is 0.135. The van der Waals surface area contributed by atoms with E-state index in [-0.39, 0.29) is 11.8 Å². The Balaban J connectivity index is 1.60. The zero-order valence-electron chi connectivity index (χ0n) is 18.7. The topological polar surface area (TPSA) is 55.0 Å². The van der Waals surface area contributed by atoms with Crippen LogP contribution >= 0.6 is 0 Å². The van der Waals surface area contributed by atoms with Gasteiger partial charge in [0.1, 0.15) is 11.6 Å². The van der Waals surface area contributed by atoms with Gasteiger partial charge in [-0.2, -0.15) is 0 Å². The summed E-state index contributed by atoms with van der Waals surface area (Å²) in [6, 6.07) is 10.1. The molecule has 0 bridgehead atoms. The maximum Gasteiger partial charge on any atom is 0.318 e. The fraction of sp³-hybridized carbons (Fsp3) is 0.478. The molecule has 2 heterocycles. The molecule has 1 aromatic carbocycles. The van der Waals surface area contributed by atoms with Gasteiger partial charge in [0, 0.05) is 58.6 Å². The Bertz CT molecular complexity index is 836. The number of hydrogen-bond donors (Lipinski definition) is 1. The molecule has 1 saturated heterocycles. The van der Waals surface area contributed by atoms with E-state index in [2.05, 4.69) is 33.2 Å². The molecule has 0 saturated carbocycles. The highest BCUT2D eigenvalue weighted by molar-refractivity contribution is 5.74. The smallest absolute Gasteiger partial charge is 0.318 e. The largest absolute Gasteiger partial charge is 0.354 e. The van der Waals surface area contributed by atoms with Gasteiger partial charge in [-0.15, -0.1) is 0 Å². The van der Waals surface area contributed by atoms with Crippen molar-refractivity contribution in [2.24, 2.45) is 0 Å². The summed E-state index contributed by atoms with van der Waals surface area (Å²) in [6.45, 7) is 6.15. The van der Waals surface area contributed by atoms with Gasteiger partial charge in [-0.3, -0.25) is 0 Å². The number of piperazine rings is 1. The van der Waals surface area contributed by atoms with Gasteiger partial charge in [0.2, 0.25) is 0 Å². The molecule has 0 atom stereocenters. The first-order valence-electron chi connectivity index (χ1n) is 10.7. The summed E-state index contributed by atoms with van der Waals surface area (Å²) in [5, 5.41) is 3.03. The van der Waals surface area contributed by atoms with Gasteiger partial charge in [-0.1, -0.05) is 12.1 Å². The van der Waals surface area contributed by atoms with Crippen molar-refractivity contribution >= 4 is 11.8 Å². The molecular weight excluding hydrogens is 395 g/mol. The molecule has 7 nitrogen and oxygen atoms in total. The Hall–Kier alpha value is -2.71. The van der Waals surface area contributed by atoms with Crippen LogP contribution < -0.4 is 10.2 Å². The second-order valence-electron chi connectivity index (χ2n) is 8.32. The maximum absolute atomic E-state index is 13.2. The molecule has 31 heavy (non-hydrogen) atoms. The molecule has 1 aliphatic heterocycles. The molecule has 0 spiro atoms. The lowest BCUT2D eigenvalue weighted by Gasteiger charge is -2.33. The molecule has 8 heteroatoms. The number of amides is 2. The highest BCUT2D eigenvalue weighted by atomic mass is 19.1. The summed E-state index contributed by atoms with van der Waals surface area (Å²) in [6.07, 6.45) is 1.80. The van der Waals surface area contributed by atoms with Crippen molar-refractivity contribution in [1.82, 2.24) is 25.0 Å². The number of benzene rings is 1. The average molecular weight is 429 g/mol.